The van der Waals surface area contributed by atoms with E-state index in [2.05, 4.69) is 39.6 Å². The molecule has 12 heavy (non-hydrogen) atoms. The van der Waals surface area contributed by atoms with Gasteiger partial charge in [-0.3, -0.25) is 4.90 Å². The van der Waals surface area contributed by atoms with E-state index in [1.807, 2.05) is 0 Å². The van der Waals surface area contributed by atoms with Gasteiger partial charge in [0, 0.05) is 11.6 Å². The number of rotatable bonds is 0. The maximum atomic E-state index is 6.15. The molecule has 1 rings (SSSR count). The van der Waals surface area contributed by atoms with Gasteiger partial charge < -0.3 is 5.73 Å². The van der Waals surface area contributed by atoms with E-state index >= 15 is 0 Å². The highest BCUT2D eigenvalue weighted by Gasteiger charge is 2.49. The van der Waals surface area contributed by atoms with Crippen LogP contribution >= 0.6 is 0 Å². The predicted octanol–water partition coefficient (Wildman–Crippen LogP) is 1.45. The highest BCUT2D eigenvalue weighted by Crippen LogP contribution is 2.41. The van der Waals surface area contributed by atoms with Crippen LogP contribution in [-0.2, 0) is 0 Å². The van der Waals surface area contributed by atoms with E-state index in [4.69, 9.17) is 5.73 Å². The summed E-state index contributed by atoms with van der Waals surface area (Å²) in [6.07, 6.45) is 1.13. The Bertz CT molecular complexity index is 159. The fourth-order valence-electron chi connectivity index (χ4n) is 2.26. The zero-order valence-corrected chi connectivity index (χ0v) is 9.02. The van der Waals surface area contributed by atoms with E-state index in [-0.39, 0.29) is 11.0 Å². The second kappa shape index (κ2) is 2.71. The molecule has 0 saturated carbocycles. The molecule has 0 radical (unpaired) electrons. The second-order valence-corrected chi connectivity index (χ2v) is 5.21. The summed E-state index contributed by atoms with van der Waals surface area (Å²) in [5.41, 5.74) is 6.57. The minimum atomic E-state index is 0.160. The van der Waals surface area contributed by atoms with Crippen molar-refractivity contribution in [2.45, 2.75) is 45.7 Å². The Hall–Kier alpha value is -0.0800. The van der Waals surface area contributed by atoms with Gasteiger partial charge in [0.1, 0.15) is 0 Å². The highest BCUT2D eigenvalue weighted by atomic mass is 15.2. The number of nitrogens with two attached hydrogens (primary N) is 1. The lowest BCUT2D eigenvalue weighted by molar-refractivity contribution is 0.0523. The van der Waals surface area contributed by atoms with Gasteiger partial charge in [-0.15, -0.1) is 0 Å². The summed E-state index contributed by atoms with van der Waals surface area (Å²) in [6, 6.07) is 0.322. The Morgan fingerprint density at radius 3 is 2.08 bits per heavy atom. The Morgan fingerprint density at radius 1 is 1.42 bits per heavy atom. The van der Waals surface area contributed by atoms with Crippen molar-refractivity contribution in [3.63, 3.8) is 0 Å². The van der Waals surface area contributed by atoms with Gasteiger partial charge in [-0.2, -0.15) is 0 Å². The van der Waals surface area contributed by atoms with Gasteiger partial charge >= 0.3 is 0 Å². The SMILES string of the molecule is CN1CCC(N)C1(C)C(C)(C)C. The molecule has 2 unspecified atom stereocenters. The van der Waals surface area contributed by atoms with Crippen molar-refractivity contribution >= 4 is 0 Å². The fourth-order valence-corrected chi connectivity index (χ4v) is 2.26. The van der Waals surface area contributed by atoms with Crippen LogP contribution in [0.2, 0.25) is 0 Å². The molecule has 2 nitrogen and oxygen atoms in total. The molecule has 2 atom stereocenters. The maximum absolute atomic E-state index is 6.15. The number of nitrogens with zero attached hydrogens (tertiary/aromatic N) is 1. The first kappa shape index (κ1) is 10.0. The molecule has 0 aliphatic carbocycles. The molecule has 1 heterocycles. The Kier molecular flexibility index (Phi) is 2.26. The van der Waals surface area contributed by atoms with Gasteiger partial charge in [-0.1, -0.05) is 20.8 Å². The molecule has 0 aromatic carbocycles. The summed E-state index contributed by atoms with van der Waals surface area (Å²) in [6.45, 7) is 10.2. The zero-order valence-electron chi connectivity index (χ0n) is 9.02. The Balaban J connectivity index is 2.94. The van der Waals surface area contributed by atoms with Crippen molar-refractivity contribution in [2.24, 2.45) is 11.1 Å². The first-order chi connectivity index (χ1) is 5.30. The van der Waals surface area contributed by atoms with Crippen LogP contribution in [0, 0.1) is 5.41 Å². The number of likely N-dealkylation sites (tertiary alicyclic amines) is 1. The van der Waals surface area contributed by atoms with Crippen molar-refractivity contribution in [1.82, 2.24) is 4.90 Å². The van der Waals surface area contributed by atoms with E-state index in [9.17, 15) is 0 Å². The van der Waals surface area contributed by atoms with E-state index in [0.717, 1.165) is 13.0 Å². The van der Waals surface area contributed by atoms with Gasteiger partial charge in [-0.25, -0.2) is 0 Å². The molecule has 1 aliphatic rings. The van der Waals surface area contributed by atoms with E-state index < -0.39 is 0 Å². The lowest BCUT2D eigenvalue weighted by Gasteiger charge is -2.46. The molecule has 1 fully saturated rings. The summed E-state index contributed by atoms with van der Waals surface area (Å²) in [7, 11) is 2.18. The summed E-state index contributed by atoms with van der Waals surface area (Å²) in [5, 5.41) is 0. The van der Waals surface area contributed by atoms with Crippen LogP contribution in [-0.4, -0.2) is 30.1 Å². The van der Waals surface area contributed by atoms with Crippen molar-refractivity contribution in [2.75, 3.05) is 13.6 Å². The van der Waals surface area contributed by atoms with Crippen LogP contribution in [0.5, 0.6) is 0 Å². The van der Waals surface area contributed by atoms with E-state index in [0.29, 0.717) is 6.04 Å². The third kappa shape index (κ3) is 1.17. The largest absolute Gasteiger partial charge is 0.326 e. The van der Waals surface area contributed by atoms with Crippen LogP contribution in [0.4, 0.5) is 0 Å². The predicted molar refractivity (Wildman–Crippen MR) is 53.1 cm³/mol. The molecule has 1 saturated heterocycles. The Labute approximate surface area is 76.1 Å². The summed E-state index contributed by atoms with van der Waals surface area (Å²) in [5.74, 6) is 0. The van der Waals surface area contributed by atoms with Gasteiger partial charge in [-0.05, 0) is 32.4 Å². The fraction of sp³-hybridized carbons (Fsp3) is 1.00. The molecule has 1 aliphatic heterocycles. The molecule has 2 N–H and O–H groups in total. The van der Waals surface area contributed by atoms with Gasteiger partial charge in [0.05, 0.1) is 0 Å². The molecule has 0 aromatic heterocycles. The van der Waals surface area contributed by atoms with Crippen molar-refractivity contribution in [3.8, 4) is 0 Å². The molecule has 0 amide bonds. The average Bonchev–Trinajstić information content (AvgIpc) is 2.16. The number of likely N-dealkylation sites (N-methyl/N-ethyl adjacent to an activating group) is 1. The molecule has 2 heteroatoms. The molecular formula is C10H22N2. The van der Waals surface area contributed by atoms with Gasteiger partial charge in [0.2, 0.25) is 0 Å². The van der Waals surface area contributed by atoms with Crippen molar-refractivity contribution in [3.05, 3.63) is 0 Å². The molecule has 0 spiro atoms. The third-order valence-electron chi connectivity index (χ3n) is 3.81. The number of hydrogen-bond donors (Lipinski definition) is 1. The maximum Gasteiger partial charge on any atom is 0.0377 e. The summed E-state index contributed by atoms with van der Waals surface area (Å²) < 4.78 is 0. The minimum absolute atomic E-state index is 0.160. The summed E-state index contributed by atoms with van der Waals surface area (Å²) in [4.78, 5) is 2.40. The lowest BCUT2D eigenvalue weighted by Crippen LogP contribution is -2.58. The van der Waals surface area contributed by atoms with Crippen molar-refractivity contribution < 1.29 is 0 Å². The van der Waals surface area contributed by atoms with Crippen molar-refractivity contribution in [1.29, 1.82) is 0 Å². The average molecular weight is 170 g/mol. The minimum Gasteiger partial charge on any atom is -0.326 e. The van der Waals surface area contributed by atoms with E-state index in [1.54, 1.807) is 0 Å². The van der Waals surface area contributed by atoms with Crippen LogP contribution in [0.3, 0.4) is 0 Å². The van der Waals surface area contributed by atoms with E-state index in [1.165, 1.54) is 0 Å². The van der Waals surface area contributed by atoms with Crippen LogP contribution in [0.15, 0.2) is 0 Å². The molecule has 0 aromatic rings. The quantitative estimate of drug-likeness (QED) is 0.596. The van der Waals surface area contributed by atoms with Gasteiger partial charge in [0.15, 0.2) is 0 Å². The topological polar surface area (TPSA) is 29.3 Å². The van der Waals surface area contributed by atoms with Crippen LogP contribution in [0.1, 0.15) is 34.1 Å². The standard InChI is InChI=1S/C10H22N2/c1-9(2,3)10(4)8(11)6-7-12(10)5/h8H,6-7,11H2,1-5H3. The third-order valence-corrected chi connectivity index (χ3v) is 3.81. The van der Waals surface area contributed by atoms with Crippen LogP contribution < -0.4 is 5.73 Å². The first-order valence-electron chi connectivity index (χ1n) is 4.77. The molecular weight excluding hydrogens is 148 g/mol. The highest BCUT2D eigenvalue weighted by molar-refractivity contribution is 5.06. The molecule has 0 bridgehead atoms. The molecule has 72 valence electrons. The first-order valence-corrected chi connectivity index (χ1v) is 4.77. The monoisotopic (exact) mass is 170 g/mol. The number of hydrogen-bond acceptors (Lipinski definition) is 2. The lowest BCUT2D eigenvalue weighted by atomic mass is 9.71. The van der Waals surface area contributed by atoms with Gasteiger partial charge in [0.25, 0.3) is 0 Å². The normalized spacial score (nSPS) is 39.0. The summed E-state index contributed by atoms with van der Waals surface area (Å²) >= 11 is 0. The smallest absolute Gasteiger partial charge is 0.0377 e. The van der Waals surface area contributed by atoms with Crippen LogP contribution in [0.25, 0.3) is 0 Å². The second-order valence-electron chi connectivity index (χ2n) is 5.21. The Morgan fingerprint density at radius 2 is 1.92 bits per heavy atom. The zero-order chi connectivity index (χ0) is 9.57.